The van der Waals surface area contributed by atoms with Crippen LogP contribution in [0.2, 0.25) is 0 Å². The molecule has 2 N–H and O–H groups in total. The number of aromatic nitrogens is 2. The van der Waals surface area contributed by atoms with E-state index >= 15 is 0 Å². The Morgan fingerprint density at radius 1 is 0.804 bits per heavy atom. The number of hydrogen-bond donors (Lipinski definition) is 2. The molecule has 3 aliphatic heterocycles. The van der Waals surface area contributed by atoms with Gasteiger partial charge in [0.15, 0.2) is 0 Å². The molecule has 4 fully saturated rings. The molecule has 4 amide bonds. The van der Waals surface area contributed by atoms with E-state index in [-0.39, 0.29) is 47.6 Å². The molecule has 1 atom stereocenters. The van der Waals surface area contributed by atoms with Crippen LogP contribution in [0.4, 0.5) is 5.69 Å². The van der Waals surface area contributed by atoms with E-state index in [0.717, 1.165) is 70.9 Å². The van der Waals surface area contributed by atoms with Gasteiger partial charge in [0, 0.05) is 61.7 Å². The normalized spacial score (nSPS) is 22.5. The lowest BCUT2D eigenvalue weighted by Gasteiger charge is -2.38. The number of nitrogens with one attached hydrogen (secondary N) is 2. The van der Waals surface area contributed by atoms with Crippen LogP contribution in [0.3, 0.4) is 0 Å². The van der Waals surface area contributed by atoms with Crippen LogP contribution >= 0.6 is 0 Å². The molecule has 2 saturated heterocycles. The molecule has 56 heavy (non-hydrogen) atoms. The van der Waals surface area contributed by atoms with Crippen LogP contribution < -0.4 is 24.8 Å². The van der Waals surface area contributed by atoms with Gasteiger partial charge in [-0.2, -0.15) is 4.98 Å². The first-order chi connectivity index (χ1) is 27.1. The molecular formula is C43H44N6O7. The molecule has 5 aliphatic rings. The number of amides is 4. The lowest BCUT2D eigenvalue weighted by atomic mass is 9.78. The number of carbonyl (C=O) groups excluding carboxylic acids is 4. The highest BCUT2D eigenvalue weighted by Gasteiger charge is 2.45. The van der Waals surface area contributed by atoms with E-state index in [2.05, 4.69) is 63.6 Å². The number of fused-ring (bicyclic) bond motifs is 1. The maximum Gasteiger partial charge on any atom is 0.317 e. The van der Waals surface area contributed by atoms with Gasteiger partial charge < -0.3 is 19.5 Å². The average Bonchev–Trinajstić information content (AvgIpc) is 3.97. The van der Waals surface area contributed by atoms with Gasteiger partial charge in [-0.1, -0.05) is 38.1 Å². The van der Waals surface area contributed by atoms with E-state index in [0.29, 0.717) is 12.6 Å². The monoisotopic (exact) mass is 756 g/mol. The van der Waals surface area contributed by atoms with Crippen molar-refractivity contribution in [1.29, 1.82) is 0 Å². The summed E-state index contributed by atoms with van der Waals surface area (Å²) in [5.74, 6) is -0.489. The molecule has 0 spiro atoms. The minimum absolute atomic E-state index is 0.0432. The van der Waals surface area contributed by atoms with Gasteiger partial charge in [0.25, 0.3) is 11.8 Å². The molecule has 1 aromatic heterocycles. The van der Waals surface area contributed by atoms with Crippen molar-refractivity contribution in [2.45, 2.75) is 94.7 Å². The predicted molar refractivity (Wildman–Crippen MR) is 205 cm³/mol. The highest BCUT2D eigenvalue weighted by atomic mass is 16.5. The van der Waals surface area contributed by atoms with Gasteiger partial charge in [-0.25, -0.2) is 4.98 Å². The third kappa shape index (κ3) is 7.18. The Hall–Kier alpha value is -5.82. The van der Waals surface area contributed by atoms with Crippen LogP contribution in [-0.4, -0.2) is 86.8 Å². The Balaban J connectivity index is 0.738. The van der Waals surface area contributed by atoms with Gasteiger partial charge in [-0.05, 0) is 78.9 Å². The third-order valence-electron chi connectivity index (χ3n) is 11.6. The quantitative estimate of drug-likeness (QED) is 0.177. The second-order valence-corrected chi connectivity index (χ2v) is 16.0. The second-order valence-electron chi connectivity index (χ2n) is 16.0. The summed E-state index contributed by atoms with van der Waals surface area (Å²) in [5, 5.41) is 5.67. The van der Waals surface area contributed by atoms with Crippen molar-refractivity contribution in [2.75, 3.05) is 18.4 Å². The average molecular weight is 757 g/mol. The SMILES string of the molecule is CC(C)(c1ccc(OCc2ccnc(OC3CN(C4CC4)C3)n2)cc1)c1ccc(OC2CC(Nc3ccc4c(c3)C(=O)N(C3CCC(=O)NC3=O)C4=O)C2)cc1. The standard InChI is InChI=1S/C43H44N6O7/c1-43(2,25-3-10-31(11-4-25)54-24-28-17-18-44-42(46-28)56-34-22-48(23-34)30-8-9-30)26-5-12-32(13-6-26)55-33-19-29(20-33)45-27-7-14-35-36(21-27)41(53)49(40(35)52)37-15-16-38(50)47-39(37)51/h3-7,10-14,17-18,21,29-30,33-34,37,45H,8-9,15-16,19-20,22-24H2,1-2H3,(H,47,50,51). The van der Waals surface area contributed by atoms with Crippen LogP contribution in [0.15, 0.2) is 79.0 Å². The number of benzene rings is 3. The first-order valence-corrected chi connectivity index (χ1v) is 19.4. The van der Waals surface area contributed by atoms with Gasteiger partial charge in [0.1, 0.15) is 36.4 Å². The van der Waals surface area contributed by atoms with Gasteiger partial charge in [0.05, 0.1) is 16.8 Å². The van der Waals surface area contributed by atoms with Gasteiger partial charge in [0.2, 0.25) is 11.8 Å². The van der Waals surface area contributed by atoms with E-state index in [1.165, 1.54) is 12.8 Å². The Labute approximate surface area is 324 Å². The number of anilines is 1. The first kappa shape index (κ1) is 35.9. The van der Waals surface area contributed by atoms with Crippen LogP contribution in [-0.2, 0) is 21.6 Å². The largest absolute Gasteiger partial charge is 0.490 e. The maximum absolute atomic E-state index is 13.2. The molecule has 4 aromatic rings. The summed E-state index contributed by atoms with van der Waals surface area (Å²) in [6, 6.07) is 23.7. The van der Waals surface area contributed by atoms with Gasteiger partial charge in [-0.3, -0.25) is 34.3 Å². The Morgan fingerprint density at radius 2 is 1.50 bits per heavy atom. The van der Waals surface area contributed by atoms with Gasteiger partial charge >= 0.3 is 6.01 Å². The Morgan fingerprint density at radius 3 is 2.20 bits per heavy atom. The number of hydrogen-bond acceptors (Lipinski definition) is 11. The number of nitrogens with zero attached hydrogens (tertiary/aromatic N) is 4. The van der Waals surface area contributed by atoms with Crippen LogP contribution in [0.5, 0.6) is 17.5 Å². The van der Waals surface area contributed by atoms with Gasteiger partial charge in [-0.15, -0.1) is 0 Å². The molecular weight excluding hydrogens is 713 g/mol. The van der Waals surface area contributed by atoms with E-state index in [1.807, 2.05) is 30.3 Å². The van der Waals surface area contributed by atoms with Crippen molar-refractivity contribution in [3.63, 3.8) is 0 Å². The fourth-order valence-corrected chi connectivity index (χ4v) is 7.95. The van der Waals surface area contributed by atoms with Crippen LogP contribution in [0.1, 0.15) is 89.9 Å². The molecule has 13 heteroatoms. The fourth-order valence-electron chi connectivity index (χ4n) is 7.95. The molecule has 288 valence electrons. The third-order valence-corrected chi connectivity index (χ3v) is 11.6. The molecule has 2 aliphatic carbocycles. The van der Waals surface area contributed by atoms with Crippen molar-refractivity contribution in [3.8, 4) is 17.5 Å². The number of likely N-dealkylation sites (tertiary alicyclic amines) is 1. The van der Waals surface area contributed by atoms with Crippen LogP contribution in [0.25, 0.3) is 0 Å². The zero-order valence-corrected chi connectivity index (χ0v) is 31.4. The molecule has 3 aromatic carbocycles. The number of carbonyl (C=O) groups is 4. The first-order valence-electron chi connectivity index (χ1n) is 19.4. The second kappa shape index (κ2) is 14.4. The summed E-state index contributed by atoms with van der Waals surface area (Å²) >= 11 is 0. The van der Waals surface area contributed by atoms with Crippen molar-refractivity contribution in [1.82, 2.24) is 25.1 Å². The predicted octanol–water partition coefficient (Wildman–Crippen LogP) is 5.03. The summed E-state index contributed by atoms with van der Waals surface area (Å²) in [6.45, 7) is 6.62. The van der Waals surface area contributed by atoms with Crippen molar-refractivity contribution in [2.24, 2.45) is 0 Å². The molecule has 1 unspecified atom stereocenters. The Kier molecular flexibility index (Phi) is 9.19. The van der Waals surface area contributed by atoms with Crippen molar-refractivity contribution >= 4 is 29.3 Å². The molecule has 9 rings (SSSR count). The summed E-state index contributed by atoms with van der Waals surface area (Å²) in [5.41, 5.74) is 4.07. The van der Waals surface area contributed by atoms with Crippen molar-refractivity contribution in [3.05, 3.63) is 107 Å². The minimum Gasteiger partial charge on any atom is -0.490 e. The van der Waals surface area contributed by atoms with E-state index < -0.39 is 29.7 Å². The fraction of sp³-hybridized carbons (Fsp3) is 0.395. The Bertz CT molecular complexity index is 2180. The summed E-state index contributed by atoms with van der Waals surface area (Å²) < 4.78 is 18.3. The number of imide groups is 2. The molecule has 0 bridgehead atoms. The number of ether oxygens (including phenoxy) is 3. The lowest BCUT2D eigenvalue weighted by Crippen LogP contribution is -2.54. The summed E-state index contributed by atoms with van der Waals surface area (Å²) in [7, 11) is 0. The lowest BCUT2D eigenvalue weighted by molar-refractivity contribution is -0.136. The minimum atomic E-state index is -0.986. The van der Waals surface area contributed by atoms with Crippen molar-refractivity contribution < 1.29 is 33.4 Å². The number of rotatable bonds is 13. The molecule has 2 saturated carbocycles. The zero-order valence-electron chi connectivity index (χ0n) is 31.4. The molecule has 4 heterocycles. The summed E-state index contributed by atoms with van der Waals surface area (Å²) in [6.07, 6.45) is 6.29. The van der Waals surface area contributed by atoms with E-state index in [4.69, 9.17) is 14.2 Å². The highest BCUT2D eigenvalue weighted by Crippen LogP contribution is 2.36. The maximum atomic E-state index is 13.2. The topological polar surface area (TPSA) is 152 Å². The van der Waals surface area contributed by atoms with Crippen LogP contribution in [0, 0.1) is 0 Å². The smallest absolute Gasteiger partial charge is 0.317 e. The molecule has 0 radical (unpaired) electrons. The highest BCUT2D eigenvalue weighted by molar-refractivity contribution is 6.23. The summed E-state index contributed by atoms with van der Waals surface area (Å²) in [4.78, 5) is 62.4. The van der Waals surface area contributed by atoms with E-state index in [1.54, 1.807) is 24.4 Å². The van der Waals surface area contributed by atoms with E-state index in [9.17, 15) is 19.2 Å². The molecule has 13 nitrogen and oxygen atoms in total. The number of piperidine rings is 1. The zero-order chi connectivity index (χ0) is 38.6.